The Morgan fingerprint density at radius 2 is 1.92 bits per heavy atom. The maximum Gasteiger partial charge on any atom is 0.336 e. The van der Waals surface area contributed by atoms with Crippen LogP contribution in [0.2, 0.25) is 0 Å². The van der Waals surface area contributed by atoms with Crippen LogP contribution in [0.25, 0.3) is 10.9 Å². The van der Waals surface area contributed by atoms with Gasteiger partial charge in [0.2, 0.25) is 0 Å². The lowest BCUT2D eigenvalue weighted by molar-refractivity contribution is -0.0262. The number of rotatable bonds is 3. The summed E-state index contributed by atoms with van der Waals surface area (Å²) in [6.45, 7) is 5.64. The molecule has 2 aromatic rings. The van der Waals surface area contributed by atoms with Crippen molar-refractivity contribution < 1.29 is 15.0 Å². The van der Waals surface area contributed by atoms with E-state index >= 15 is 0 Å². The molecule has 24 heavy (non-hydrogen) atoms. The van der Waals surface area contributed by atoms with Gasteiger partial charge >= 0.3 is 5.97 Å². The molecule has 6 heteroatoms. The first-order chi connectivity index (χ1) is 10.9. The van der Waals surface area contributed by atoms with E-state index in [-0.39, 0.29) is 23.9 Å². The first-order valence-corrected chi connectivity index (χ1v) is 8.00. The van der Waals surface area contributed by atoms with E-state index in [1.807, 2.05) is 18.2 Å². The molecule has 1 aliphatic heterocycles. The summed E-state index contributed by atoms with van der Waals surface area (Å²) in [7, 11) is 0. The van der Waals surface area contributed by atoms with Crippen LogP contribution >= 0.6 is 12.4 Å². The van der Waals surface area contributed by atoms with Crippen molar-refractivity contribution in [3.63, 3.8) is 0 Å². The average Bonchev–Trinajstić information content (AvgIpc) is 2.54. The van der Waals surface area contributed by atoms with Crippen LogP contribution in [0.3, 0.4) is 0 Å². The number of piperidine rings is 1. The number of aliphatic hydroxyl groups is 1. The molecule has 0 aliphatic carbocycles. The van der Waals surface area contributed by atoms with E-state index in [4.69, 9.17) is 0 Å². The molecule has 1 saturated heterocycles. The van der Waals surface area contributed by atoms with Crippen LogP contribution in [0.5, 0.6) is 0 Å². The summed E-state index contributed by atoms with van der Waals surface area (Å²) >= 11 is 0. The molecule has 1 fully saturated rings. The van der Waals surface area contributed by atoms with Gasteiger partial charge in [-0.2, -0.15) is 0 Å². The molecule has 1 aliphatic rings. The van der Waals surface area contributed by atoms with Crippen molar-refractivity contribution in [1.29, 1.82) is 0 Å². The number of anilines is 1. The van der Waals surface area contributed by atoms with Gasteiger partial charge in [0.25, 0.3) is 0 Å². The first-order valence-electron chi connectivity index (χ1n) is 8.00. The van der Waals surface area contributed by atoms with Gasteiger partial charge in [0.05, 0.1) is 16.7 Å². The fourth-order valence-electron chi connectivity index (χ4n) is 3.25. The SMILES string of the molecule is CC(C)C1(O)CCN(c2ccc3nccc(C(=O)O)c3c2)CC1.Cl. The molecule has 1 aromatic heterocycles. The van der Waals surface area contributed by atoms with Crippen molar-refractivity contribution in [3.05, 3.63) is 36.0 Å². The van der Waals surface area contributed by atoms with Crippen LogP contribution in [0.4, 0.5) is 5.69 Å². The quantitative estimate of drug-likeness (QED) is 0.888. The summed E-state index contributed by atoms with van der Waals surface area (Å²) in [6.07, 6.45) is 2.97. The van der Waals surface area contributed by atoms with E-state index in [9.17, 15) is 15.0 Å². The van der Waals surface area contributed by atoms with E-state index in [0.29, 0.717) is 10.9 Å². The minimum absolute atomic E-state index is 0. The molecular weight excluding hydrogens is 328 g/mol. The lowest BCUT2D eigenvalue weighted by Gasteiger charge is -2.41. The summed E-state index contributed by atoms with van der Waals surface area (Å²) in [4.78, 5) is 17.8. The standard InChI is InChI=1S/C18H22N2O3.ClH/c1-12(2)18(23)6-9-20(10-7-18)13-3-4-16-15(11-13)14(17(21)22)5-8-19-16;/h3-5,8,11-12,23H,6-7,9-10H2,1-2H3,(H,21,22);1H. The second-order valence-corrected chi connectivity index (χ2v) is 6.61. The molecule has 130 valence electrons. The van der Waals surface area contributed by atoms with Crippen LogP contribution in [0.15, 0.2) is 30.5 Å². The van der Waals surface area contributed by atoms with Gasteiger partial charge in [0, 0.05) is 30.4 Å². The van der Waals surface area contributed by atoms with Crippen LogP contribution in [0.1, 0.15) is 37.0 Å². The highest BCUT2D eigenvalue weighted by Gasteiger charge is 2.35. The second kappa shape index (κ2) is 6.95. The molecule has 1 aromatic carbocycles. The summed E-state index contributed by atoms with van der Waals surface area (Å²) < 4.78 is 0. The largest absolute Gasteiger partial charge is 0.478 e. The van der Waals surface area contributed by atoms with E-state index in [0.717, 1.165) is 31.6 Å². The Morgan fingerprint density at radius 1 is 1.25 bits per heavy atom. The number of hydrogen-bond acceptors (Lipinski definition) is 4. The third-order valence-electron chi connectivity index (χ3n) is 5.02. The number of carbonyl (C=O) groups is 1. The summed E-state index contributed by atoms with van der Waals surface area (Å²) in [5.74, 6) is -0.702. The number of pyridine rings is 1. The van der Waals surface area contributed by atoms with E-state index in [1.165, 1.54) is 12.3 Å². The number of fused-ring (bicyclic) bond motifs is 1. The molecule has 0 atom stereocenters. The number of carboxylic acids is 1. The Morgan fingerprint density at radius 3 is 2.50 bits per heavy atom. The second-order valence-electron chi connectivity index (χ2n) is 6.61. The summed E-state index contributed by atoms with van der Waals surface area (Å²) in [5, 5.41) is 20.6. The van der Waals surface area contributed by atoms with Crippen molar-refractivity contribution in [2.24, 2.45) is 5.92 Å². The number of benzene rings is 1. The highest BCUT2D eigenvalue weighted by atomic mass is 35.5. The Kier molecular flexibility index (Phi) is 5.35. The van der Waals surface area contributed by atoms with Crippen LogP contribution in [-0.2, 0) is 0 Å². The third-order valence-corrected chi connectivity index (χ3v) is 5.02. The van der Waals surface area contributed by atoms with Gasteiger partial charge in [-0.1, -0.05) is 13.8 Å². The Hall–Kier alpha value is -1.85. The normalized spacial score (nSPS) is 16.9. The highest BCUT2D eigenvalue weighted by molar-refractivity contribution is 6.03. The average molecular weight is 351 g/mol. The number of aromatic nitrogens is 1. The topological polar surface area (TPSA) is 73.7 Å². The maximum atomic E-state index is 11.4. The monoisotopic (exact) mass is 350 g/mol. The predicted octanol–water partition coefficient (Wildman–Crippen LogP) is 3.34. The lowest BCUT2D eigenvalue weighted by atomic mass is 9.81. The maximum absolute atomic E-state index is 11.4. The van der Waals surface area contributed by atoms with Crippen molar-refractivity contribution >= 4 is 35.0 Å². The molecular formula is C18H23ClN2O3. The van der Waals surface area contributed by atoms with Crippen LogP contribution in [0, 0.1) is 5.92 Å². The van der Waals surface area contributed by atoms with Crippen LogP contribution < -0.4 is 4.90 Å². The van der Waals surface area contributed by atoms with Gasteiger partial charge in [0.1, 0.15) is 0 Å². The fraction of sp³-hybridized carbons (Fsp3) is 0.444. The van der Waals surface area contributed by atoms with E-state index in [2.05, 4.69) is 23.7 Å². The number of hydrogen-bond donors (Lipinski definition) is 2. The van der Waals surface area contributed by atoms with Gasteiger partial charge in [-0.05, 0) is 43.0 Å². The van der Waals surface area contributed by atoms with Gasteiger partial charge in [-0.3, -0.25) is 4.98 Å². The summed E-state index contributed by atoms with van der Waals surface area (Å²) in [6, 6.07) is 7.26. The first kappa shape index (κ1) is 18.5. The molecule has 0 bridgehead atoms. The van der Waals surface area contributed by atoms with Crippen molar-refractivity contribution in [2.45, 2.75) is 32.3 Å². The molecule has 0 spiro atoms. The van der Waals surface area contributed by atoms with Gasteiger partial charge in [-0.25, -0.2) is 4.79 Å². The van der Waals surface area contributed by atoms with Crippen LogP contribution in [-0.4, -0.2) is 39.9 Å². The number of halogens is 1. The molecule has 2 N–H and O–H groups in total. The number of carboxylic acid groups (broad SMARTS) is 1. The van der Waals surface area contributed by atoms with Crippen molar-refractivity contribution in [2.75, 3.05) is 18.0 Å². The number of aromatic carboxylic acids is 1. The van der Waals surface area contributed by atoms with Gasteiger partial charge in [-0.15, -0.1) is 12.4 Å². The minimum Gasteiger partial charge on any atom is -0.478 e. The third kappa shape index (κ3) is 3.32. The molecule has 3 rings (SSSR count). The van der Waals surface area contributed by atoms with Crippen molar-refractivity contribution in [1.82, 2.24) is 4.98 Å². The molecule has 0 amide bonds. The highest BCUT2D eigenvalue weighted by Crippen LogP contribution is 2.33. The lowest BCUT2D eigenvalue weighted by Crippen LogP contribution is -2.47. The molecule has 0 unspecified atom stereocenters. The Balaban J connectivity index is 0.00000208. The zero-order chi connectivity index (χ0) is 16.6. The smallest absolute Gasteiger partial charge is 0.336 e. The van der Waals surface area contributed by atoms with Gasteiger partial charge < -0.3 is 15.1 Å². The zero-order valence-corrected chi connectivity index (χ0v) is 14.7. The molecule has 2 heterocycles. The van der Waals surface area contributed by atoms with E-state index in [1.54, 1.807) is 0 Å². The summed E-state index contributed by atoms with van der Waals surface area (Å²) in [5.41, 5.74) is 1.34. The molecule has 5 nitrogen and oxygen atoms in total. The van der Waals surface area contributed by atoms with Gasteiger partial charge in [0.15, 0.2) is 0 Å². The fourth-order valence-corrected chi connectivity index (χ4v) is 3.25. The van der Waals surface area contributed by atoms with E-state index < -0.39 is 11.6 Å². The molecule has 0 radical (unpaired) electrons. The predicted molar refractivity (Wildman–Crippen MR) is 97.2 cm³/mol. The Labute approximate surface area is 147 Å². The Bertz CT molecular complexity index is 740. The zero-order valence-electron chi connectivity index (χ0n) is 13.9. The minimum atomic E-state index is -0.942. The van der Waals surface area contributed by atoms with Crippen molar-refractivity contribution in [3.8, 4) is 0 Å². The number of nitrogens with zero attached hydrogens (tertiary/aromatic N) is 2. The molecule has 0 saturated carbocycles.